The van der Waals surface area contributed by atoms with Crippen molar-refractivity contribution in [1.29, 1.82) is 0 Å². The van der Waals surface area contributed by atoms with Crippen LogP contribution in [0.2, 0.25) is 0 Å². The Hall–Kier alpha value is -1.96. The second kappa shape index (κ2) is 6.87. The minimum atomic E-state index is -0.510. The standard InChI is InChI=1S/C16H15IN2O3/c1-10(2)11-3-5-12(6-4-11)18-16(20)14-9-13(19(21)22)7-8-15(14)17/h3-10H,1-2H3,(H,18,20). The number of nitro benzene ring substituents is 1. The lowest BCUT2D eigenvalue weighted by atomic mass is 10.0. The monoisotopic (exact) mass is 410 g/mol. The minimum absolute atomic E-state index is 0.0966. The van der Waals surface area contributed by atoms with Crippen LogP contribution < -0.4 is 5.32 Å². The molecule has 0 spiro atoms. The van der Waals surface area contributed by atoms with Crippen LogP contribution in [0.15, 0.2) is 42.5 Å². The average molecular weight is 410 g/mol. The fourth-order valence-corrected chi connectivity index (χ4v) is 2.53. The van der Waals surface area contributed by atoms with Gasteiger partial charge in [0.2, 0.25) is 0 Å². The lowest BCUT2D eigenvalue weighted by Crippen LogP contribution is -2.13. The first-order valence-electron chi connectivity index (χ1n) is 6.73. The van der Waals surface area contributed by atoms with E-state index in [0.29, 0.717) is 20.7 Å². The first kappa shape index (κ1) is 16.4. The summed E-state index contributed by atoms with van der Waals surface area (Å²) in [6, 6.07) is 11.8. The van der Waals surface area contributed by atoms with Crippen molar-refractivity contribution in [2.75, 3.05) is 5.32 Å². The molecule has 0 atom stereocenters. The molecule has 2 rings (SSSR count). The van der Waals surface area contributed by atoms with Gasteiger partial charge in [0, 0.05) is 21.4 Å². The molecule has 114 valence electrons. The van der Waals surface area contributed by atoms with Crippen molar-refractivity contribution in [2.45, 2.75) is 19.8 Å². The number of benzene rings is 2. The number of nitro groups is 1. The van der Waals surface area contributed by atoms with Gasteiger partial charge >= 0.3 is 0 Å². The molecular weight excluding hydrogens is 395 g/mol. The van der Waals surface area contributed by atoms with Crippen molar-refractivity contribution >= 4 is 39.9 Å². The molecule has 2 aromatic rings. The number of amides is 1. The molecule has 0 aliphatic heterocycles. The Morgan fingerprint density at radius 1 is 1.18 bits per heavy atom. The van der Waals surface area contributed by atoms with Crippen molar-refractivity contribution in [1.82, 2.24) is 0 Å². The van der Waals surface area contributed by atoms with Gasteiger partial charge in [0.25, 0.3) is 11.6 Å². The summed E-state index contributed by atoms with van der Waals surface area (Å²) in [7, 11) is 0. The van der Waals surface area contributed by atoms with Crippen LogP contribution in [0, 0.1) is 13.7 Å². The highest BCUT2D eigenvalue weighted by Gasteiger charge is 2.15. The van der Waals surface area contributed by atoms with Crippen LogP contribution in [0.1, 0.15) is 35.7 Å². The first-order chi connectivity index (χ1) is 10.4. The molecule has 0 aromatic heterocycles. The number of carbonyl (C=O) groups is 1. The molecule has 6 heteroatoms. The van der Waals surface area contributed by atoms with Gasteiger partial charge in [0.1, 0.15) is 0 Å². The van der Waals surface area contributed by atoms with Crippen LogP contribution in [0.3, 0.4) is 0 Å². The topological polar surface area (TPSA) is 72.2 Å². The third-order valence-corrected chi connectivity index (χ3v) is 4.18. The Labute approximate surface area is 142 Å². The zero-order chi connectivity index (χ0) is 16.3. The van der Waals surface area contributed by atoms with Gasteiger partial charge in [0.15, 0.2) is 0 Å². The van der Waals surface area contributed by atoms with E-state index in [4.69, 9.17) is 0 Å². The summed E-state index contributed by atoms with van der Waals surface area (Å²) in [5.41, 5.74) is 2.04. The summed E-state index contributed by atoms with van der Waals surface area (Å²) in [6.45, 7) is 4.19. The maximum absolute atomic E-state index is 12.3. The number of anilines is 1. The molecule has 2 aromatic carbocycles. The SMILES string of the molecule is CC(C)c1ccc(NC(=O)c2cc([N+](=O)[O-])ccc2I)cc1. The first-order valence-corrected chi connectivity index (χ1v) is 7.81. The predicted molar refractivity (Wildman–Crippen MR) is 94.3 cm³/mol. The largest absolute Gasteiger partial charge is 0.322 e. The second-order valence-electron chi connectivity index (χ2n) is 5.15. The molecular formula is C16H15IN2O3. The van der Waals surface area contributed by atoms with Crippen LogP contribution in [0.25, 0.3) is 0 Å². The third kappa shape index (κ3) is 3.82. The molecule has 0 saturated heterocycles. The number of non-ortho nitro benzene ring substituents is 1. The van der Waals surface area contributed by atoms with Gasteiger partial charge in [-0.3, -0.25) is 14.9 Å². The molecule has 0 fully saturated rings. The number of hydrogen-bond donors (Lipinski definition) is 1. The van der Waals surface area contributed by atoms with E-state index < -0.39 is 4.92 Å². The van der Waals surface area contributed by atoms with E-state index in [-0.39, 0.29) is 11.6 Å². The van der Waals surface area contributed by atoms with Gasteiger partial charge < -0.3 is 5.32 Å². The van der Waals surface area contributed by atoms with Crippen LogP contribution in [-0.4, -0.2) is 10.8 Å². The summed E-state index contributed by atoms with van der Waals surface area (Å²) in [5.74, 6) is 0.0628. The highest BCUT2D eigenvalue weighted by Crippen LogP contribution is 2.22. The van der Waals surface area contributed by atoms with Crippen molar-refractivity contribution in [2.24, 2.45) is 0 Å². The molecule has 0 unspecified atom stereocenters. The second-order valence-corrected chi connectivity index (χ2v) is 6.31. The van der Waals surface area contributed by atoms with E-state index in [1.165, 1.54) is 17.7 Å². The van der Waals surface area contributed by atoms with Crippen LogP contribution in [-0.2, 0) is 0 Å². The summed E-state index contributed by atoms with van der Waals surface area (Å²) >= 11 is 1.99. The molecule has 0 aliphatic rings. The fraction of sp³-hybridized carbons (Fsp3) is 0.188. The lowest BCUT2D eigenvalue weighted by Gasteiger charge is -2.09. The van der Waals surface area contributed by atoms with E-state index in [0.717, 1.165) is 0 Å². The van der Waals surface area contributed by atoms with Crippen molar-refractivity contribution in [3.8, 4) is 0 Å². The van der Waals surface area contributed by atoms with Crippen LogP contribution in [0.5, 0.6) is 0 Å². The molecule has 0 heterocycles. The zero-order valence-corrected chi connectivity index (χ0v) is 14.3. The van der Waals surface area contributed by atoms with Gasteiger partial charge in [-0.05, 0) is 52.3 Å². The van der Waals surface area contributed by atoms with Gasteiger partial charge in [-0.25, -0.2) is 0 Å². The van der Waals surface area contributed by atoms with Crippen LogP contribution >= 0.6 is 22.6 Å². The summed E-state index contributed by atoms with van der Waals surface area (Å²) in [5, 5.41) is 13.6. The van der Waals surface area contributed by atoms with Gasteiger partial charge in [-0.1, -0.05) is 26.0 Å². The van der Waals surface area contributed by atoms with Crippen molar-refractivity contribution in [3.63, 3.8) is 0 Å². The Morgan fingerprint density at radius 3 is 2.36 bits per heavy atom. The molecule has 0 saturated carbocycles. The highest BCUT2D eigenvalue weighted by atomic mass is 127. The number of rotatable bonds is 4. The van der Waals surface area contributed by atoms with E-state index >= 15 is 0 Å². The molecule has 0 aliphatic carbocycles. The van der Waals surface area contributed by atoms with Crippen molar-refractivity contribution in [3.05, 3.63) is 67.3 Å². The van der Waals surface area contributed by atoms with Crippen molar-refractivity contribution < 1.29 is 9.72 Å². The minimum Gasteiger partial charge on any atom is -0.322 e. The number of hydrogen-bond acceptors (Lipinski definition) is 3. The summed E-state index contributed by atoms with van der Waals surface area (Å²) in [4.78, 5) is 22.6. The number of nitrogens with zero attached hydrogens (tertiary/aromatic N) is 1. The van der Waals surface area contributed by atoms with E-state index in [1.54, 1.807) is 6.07 Å². The summed E-state index contributed by atoms with van der Waals surface area (Å²) < 4.78 is 0.666. The number of nitrogens with one attached hydrogen (secondary N) is 1. The Balaban J connectivity index is 2.21. The quantitative estimate of drug-likeness (QED) is 0.456. The zero-order valence-electron chi connectivity index (χ0n) is 12.2. The Bertz CT molecular complexity index is 712. The number of carbonyl (C=O) groups excluding carboxylic acids is 1. The Morgan fingerprint density at radius 2 is 1.82 bits per heavy atom. The predicted octanol–water partition coefficient (Wildman–Crippen LogP) is 4.58. The fourth-order valence-electron chi connectivity index (χ4n) is 1.95. The maximum Gasteiger partial charge on any atom is 0.270 e. The molecule has 1 amide bonds. The van der Waals surface area contributed by atoms with E-state index in [9.17, 15) is 14.9 Å². The molecule has 0 radical (unpaired) electrons. The smallest absolute Gasteiger partial charge is 0.270 e. The number of halogens is 1. The van der Waals surface area contributed by atoms with Crippen LogP contribution in [0.4, 0.5) is 11.4 Å². The molecule has 1 N–H and O–H groups in total. The molecule has 0 bridgehead atoms. The maximum atomic E-state index is 12.3. The average Bonchev–Trinajstić information content (AvgIpc) is 2.47. The van der Waals surface area contributed by atoms with Gasteiger partial charge in [0.05, 0.1) is 10.5 Å². The van der Waals surface area contributed by atoms with Gasteiger partial charge in [-0.2, -0.15) is 0 Å². The molecule has 22 heavy (non-hydrogen) atoms. The molecule has 5 nitrogen and oxygen atoms in total. The highest BCUT2D eigenvalue weighted by molar-refractivity contribution is 14.1. The van der Waals surface area contributed by atoms with E-state index in [2.05, 4.69) is 19.2 Å². The van der Waals surface area contributed by atoms with Gasteiger partial charge in [-0.15, -0.1) is 0 Å². The third-order valence-electron chi connectivity index (χ3n) is 3.24. The normalized spacial score (nSPS) is 10.5. The Kier molecular flexibility index (Phi) is 5.12. The lowest BCUT2D eigenvalue weighted by molar-refractivity contribution is -0.384. The van der Waals surface area contributed by atoms with E-state index in [1.807, 2.05) is 46.9 Å². The summed E-state index contributed by atoms with van der Waals surface area (Å²) in [6.07, 6.45) is 0.